The van der Waals surface area contributed by atoms with Crippen molar-refractivity contribution in [3.8, 4) is 11.1 Å². The number of hydrogen-bond donors (Lipinski definition) is 1. The van der Waals surface area contributed by atoms with Crippen LogP contribution in [0.1, 0.15) is 66.8 Å². The Kier molecular flexibility index (Phi) is 10.5. The van der Waals surface area contributed by atoms with Gasteiger partial charge in [0.25, 0.3) is 5.91 Å². The van der Waals surface area contributed by atoms with Gasteiger partial charge in [-0.25, -0.2) is 0 Å². The molecule has 214 valence electrons. The molecule has 0 spiro atoms. The topological polar surface area (TPSA) is 98.8 Å². The molecule has 4 rings (SSSR count). The molecular formula is C31H37N2O5S2-. The molecule has 1 fully saturated rings. The van der Waals surface area contributed by atoms with Crippen molar-refractivity contribution in [3.05, 3.63) is 76.7 Å². The fraction of sp³-hybridized carbons (Fsp3) is 0.419. The molecule has 3 aromatic rings. The molecule has 3 atom stereocenters. The van der Waals surface area contributed by atoms with E-state index in [1.54, 1.807) is 0 Å². The summed E-state index contributed by atoms with van der Waals surface area (Å²) < 4.78 is 30.4. The molecule has 1 amide bonds. The van der Waals surface area contributed by atoms with Crippen LogP contribution in [-0.4, -0.2) is 38.7 Å². The van der Waals surface area contributed by atoms with E-state index < -0.39 is 11.3 Å². The molecule has 1 aliphatic rings. The van der Waals surface area contributed by atoms with Crippen molar-refractivity contribution < 1.29 is 23.1 Å². The normalized spacial score (nSPS) is 17.8. The number of thiophene rings is 1. The van der Waals surface area contributed by atoms with Crippen molar-refractivity contribution in [2.75, 3.05) is 11.8 Å². The first kappa shape index (κ1) is 30.0. The molecule has 0 bridgehead atoms. The van der Waals surface area contributed by atoms with Gasteiger partial charge in [0.1, 0.15) is 5.00 Å². The van der Waals surface area contributed by atoms with Crippen LogP contribution in [-0.2, 0) is 33.8 Å². The minimum Gasteiger partial charge on any atom is -0.755 e. The van der Waals surface area contributed by atoms with Gasteiger partial charge in [-0.3, -0.25) is 13.8 Å². The van der Waals surface area contributed by atoms with E-state index in [0.717, 1.165) is 53.7 Å². The maximum absolute atomic E-state index is 13.8. The number of carbonyl (C=O) groups excluding carboxylic acids is 2. The average Bonchev–Trinajstić information content (AvgIpc) is 3.33. The van der Waals surface area contributed by atoms with Gasteiger partial charge in [-0.15, -0.1) is 11.3 Å². The van der Waals surface area contributed by atoms with E-state index in [1.807, 2.05) is 59.5 Å². The minimum absolute atomic E-state index is 0.0416. The molecule has 0 aliphatic heterocycles. The van der Waals surface area contributed by atoms with E-state index in [-0.39, 0.29) is 23.8 Å². The fourth-order valence-corrected chi connectivity index (χ4v) is 7.29. The summed E-state index contributed by atoms with van der Waals surface area (Å²) in [4.78, 5) is 29.1. The van der Waals surface area contributed by atoms with Crippen LogP contribution in [0.15, 0.2) is 60.7 Å². The van der Waals surface area contributed by atoms with Gasteiger partial charge in [0.05, 0.1) is 13.5 Å². The molecule has 7 nitrogen and oxygen atoms in total. The first-order valence-corrected chi connectivity index (χ1v) is 15.6. The molecule has 1 aliphatic carbocycles. The quantitative estimate of drug-likeness (QED) is 0.204. The van der Waals surface area contributed by atoms with Gasteiger partial charge in [0.2, 0.25) is 0 Å². The molecule has 0 radical (unpaired) electrons. The van der Waals surface area contributed by atoms with Gasteiger partial charge in [-0.05, 0) is 60.4 Å². The Bertz CT molecular complexity index is 1310. The number of benzene rings is 2. The lowest BCUT2D eigenvalue weighted by Crippen LogP contribution is -2.46. The van der Waals surface area contributed by atoms with Crippen molar-refractivity contribution in [1.82, 2.24) is 4.90 Å². The maximum atomic E-state index is 13.8. The van der Waals surface area contributed by atoms with Gasteiger partial charge < -0.3 is 18.9 Å². The second-order valence-corrected chi connectivity index (χ2v) is 12.6. The summed E-state index contributed by atoms with van der Waals surface area (Å²) >= 11 is -0.956. The summed E-state index contributed by atoms with van der Waals surface area (Å²) in [5, 5.41) is 0.602. The summed E-state index contributed by atoms with van der Waals surface area (Å²) in [5.41, 5.74) is 3.35. The second kappa shape index (κ2) is 14.1. The molecule has 1 saturated carbocycles. The Morgan fingerprint density at radius 2 is 1.80 bits per heavy atom. The number of rotatable bonds is 11. The Hall–Kier alpha value is -3.01. The zero-order valence-electron chi connectivity index (χ0n) is 23.3. The molecule has 40 heavy (non-hydrogen) atoms. The highest BCUT2D eigenvalue weighted by atomic mass is 32.2. The molecular weight excluding hydrogens is 544 g/mol. The largest absolute Gasteiger partial charge is 0.755 e. The van der Waals surface area contributed by atoms with E-state index in [9.17, 15) is 18.4 Å². The minimum atomic E-state index is -2.41. The molecule has 1 heterocycles. The zero-order valence-corrected chi connectivity index (χ0v) is 24.9. The highest BCUT2D eigenvalue weighted by Gasteiger charge is 2.35. The summed E-state index contributed by atoms with van der Waals surface area (Å²) in [6.45, 7) is 4.68. The van der Waals surface area contributed by atoms with Gasteiger partial charge in [-0.1, -0.05) is 69.2 Å². The summed E-state index contributed by atoms with van der Waals surface area (Å²) in [6, 6.07) is 19.2. The number of amides is 1. The number of nitrogens with zero attached hydrogens (tertiary/aromatic N) is 1. The van der Waals surface area contributed by atoms with E-state index in [4.69, 9.17) is 4.74 Å². The zero-order chi connectivity index (χ0) is 28.6. The average molecular weight is 582 g/mol. The molecule has 0 saturated heterocycles. The van der Waals surface area contributed by atoms with Gasteiger partial charge in [-0.2, -0.15) is 0 Å². The standard InChI is InChI=1S/C31H38N2O5S2/c1-21(2)17-26-19-27(30(39-26)32-40(36)37)23-15-13-22(14-16-23)20-33(31(35)24-9-5-4-6-10-24)28-12-8-7-11-25(28)18-29(34)38-3/h4-6,9-10,13-16,19,21,25,28,32H,7-8,11-12,17-18,20H2,1-3H3,(H,36,37)/p-1/t25?,28-/m0/s1. The number of nitrogens with one attached hydrogen (secondary N) is 1. The van der Waals surface area contributed by atoms with Gasteiger partial charge in [0, 0.05) is 39.9 Å². The SMILES string of the molecule is COC(=O)CC1CCCC[C@@H]1N(Cc1ccc(-c2cc(CC(C)C)sc2NS(=O)[O-])cc1)C(=O)c1ccccc1. The van der Waals surface area contributed by atoms with E-state index in [2.05, 4.69) is 24.6 Å². The second-order valence-electron chi connectivity index (χ2n) is 10.8. The van der Waals surface area contributed by atoms with Gasteiger partial charge in [0.15, 0.2) is 0 Å². The molecule has 9 heteroatoms. The van der Waals surface area contributed by atoms with E-state index in [0.29, 0.717) is 29.4 Å². The molecule has 2 aromatic carbocycles. The van der Waals surface area contributed by atoms with Crippen LogP contribution in [0, 0.1) is 11.8 Å². The lowest BCUT2D eigenvalue weighted by Gasteiger charge is -2.40. The first-order valence-electron chi connectivity index (χ1n) is 13.8. The van der Waals surface area contributed by atoms with Crippen LogP contribution < -0.4 is 4.72 Å². The molecule has 2 unspecified atom stereocenters. The Morgan fingerprint density at radius 3 is 2.45 bits per heavy atom. The van der Waals surface area contributed by atoms with Crippen LogP contribution in [0.2, 0.25) is 0 Å². The molecule has 1 aromatic heterocycles. The summed E-state index contributed by atoms with van der Waals surface area (Å²) in [7, 11) is 1.41. The van der Waals surface area contributed by atoms with Crippen molar-refractivity contribution >= 4 is 39.5 Å². The number of ether oxygens (including phenoxy) is 1. The Morgan fingerprint density at radius 1 is 1.10 bits per heavy atom. The highest BCUT2D eigenvalue weighted by molar-refractivity contribution is 7.80. The number of carbonyl (C=O) groups is 2. The smallest absolute Gasteiger partial charge is 0.305 e. The van der Waals surface area contributed by atoms with Crippen LogP contribution in [0.25, 0.3) is 11.1 Å². The monoisotopic (exact) mass is 581 g/mol. The summed E-state index contributed by atoms with van der Waals surface area (Å²) in [6.07, 6.45) is 4.93. The lowest BCUT2D eigenvalue weighted by atomic mass is 9.81. The number of hydrogen-bond acceptors (Lipinski definition) is 6. The summed E-state index contributed by atoms with van der Waals surface area (Å²) in [5.74, 6) is 0.201. The third kappa shape index (κ3) is 7.80. The van der Waals surface area contributed by atoms with Crippen LogP contribution >= 0.6 is 11.3 Å². The number of anilines is 1. The van der Waals surface area contributed by atoms with Crippen LogP contribution in [0.3, 0.4) is 0 Å². The third-order valence-corrected chi connectivity index (χ3v) is 8.97. The van der Waals surface area contributed by atoms with E-state index in [1.165, 1.54) is 18.4 Å². The Balaban J connectivity index is 1.62. The number of methoxy groups -OCH3 is 1. The molecule has 1 N–H and O–H groups in total. The fourth-order valence-electron chi connectivity index (χ4n) is 5.52. The van der Waals surface area contributed by atoms with Crippen molar-refractivity contribution in [2.45, 2.75) is 65.0 Å². The van der Waals surface area contributed by atoms with Crippen molar-refractivity contribution in [1.29, 1.82) is 0 Å². The van der Waals surface area contributed by atoms with Gasteiger partial charge >= 0.3 is 5.97 Å². The van der Waals surface area contributed by atoms with Crippen LogP contribution in [0.5, 0.6) is 0 Å². The Labute approximate surface area is 243 Å². The van der Waals surface area contributed by atoms with Crippen molar-refractivity contribution in [2.24, 2.45) is 11.8 Å². The third-order valence-electron chi connectivity index (χ3n) is 7.39. The lowest BCUT2D eigenvalue weighted by molar-refractivity contribution is -0.142. The van der Waals surface area contributed by atoms with Crippen molar-refractivity contribution in [3.63, 3.8) is 0 Å². The first-order chi connectivity index (χ1) is 19.2. The number of esters is 1. The van der Waals surface area contributed by atoms with Crippen LogP contribution in [0.4, 0.5) is 5.00 Å². The highest BCUT2D eigenvalue weighted by Crippen LogP contribution is 2.38. The predicted octanol–water partition coefficient (Wildman–Crippen LogP) is 6.58. The van der Waals surface area contributed by atoms with E-state index >= 15 is 0 Å². The predicted molar refractivity (Wildman–Crippen MR) is 160 cm³/mol. The maximum Gasteiger partial charge on any atom is 0.305 e.